The Balaban J connectivity index is 2.65. The predicted molar refractivity (Wildman–Crippen MR) is 65.4 cm³/mol. The first kappa shape index (κ1) is 12.9. The molecule has 1 aromatic rings. The Labute approximate surface area is 99.8 Å². The molecule has 1 rings (SSSR count). The number of aromatic nitrogens is 2. The van der Waals surface area contributed by atoms with Gasteiger partial charge >= 0.3 is 0 Å². The molecule has 0 saturated heterocycles. The van der Waals surface area contributed by atoms with Gasteiger partial charge in [0.1, 0.15) is 5.15 Å². The summed E-state index contributed by atoms with van der Waals surface area (Å²) in [5.74, 6) is 0.796. The zero-order valence-electron chi connectivity index (χ0n) is 9.49. The van der Waals surface area contributed by atoms with E-state index in [0.717, 1.165) is 17.0 Å². The van der Waals surface area contributed by atoms with E-state index in [1.54, 1.807) is 23.4 Å². The average Bonchev–Trinajstić information content (AvgIpc) is 2.38. The summed E-state index contributed by atoms with van der Waals surface area (Å²) in [7, 11) is 1.83. The van der Waals surface area contributed by atoms with Gasteiger partial charge in [-0.05, 0) is 13.8 Å². The molecule has 0 saturated carbocycles. The number of halogens is 1. The van der Waals surface area contributed by atoms with Crippen LogP contribution in [0.15, 0.2) is 0 Å². The number of hydrogen-bond donors (Lipinski definition) is 1. The summed E-state index contributed by atoms with van der Waals surface area (Å²) in [6.07, 6.45) is -0.300. The molecule has 0 aliphatic carbocycles. The standard InChI is InChI=1S/C10H17ClN2OS/c1-6-9(10(11)13(4)12-6)5-15-8(3)7(2)14/h7-8,14H,5H2,1-4H3. The maximum Gasteiger partial charge on any atom is 0.131 e. The molecule has 1 aromatic heterocycles. The number of hydrogen-bond acceptors (Lipinski definition) is 3. The Bertz CT molecular complexity index is 338. The zero-order valence-corrected chi connectivity index (χ0v) is 11.1. The first-order valence-electron chi connectivity index (χ1n) is 4.91. The molecule has 1 heterocycles. The van der Waals surface area contributed by atoms with Crippen LogP contribution < -0.4 is 0 Å². The van der Waals surface area contributed by atoms with Gasteiger partial charge < -0.3 is 5.11 Å². The molecule has 0 aliphatic heterocycles. The maximum atomic E-state index is 9.37. The summed E-state index contributed by atoms with van der Waals surface area (Å²) < 4.78 is 1.68. The van der Waals surface area contributed by atoms with E-state index in [9.17, 15) is 5.11 Å². The second-order valence-electron chi connectivity index (χ2n) is 3.74. The molecule has 0 bridgehead atoms. The van der Waals surface area contributed by atoms with Crippen molar-refractivity contribution in [2.75, 3.05) is 0 Å². The van der Waals surface area contributed by atoms with Crippen molar-refractivity contribution in [3.05, 3.63) is 16.4 Å². The number of aliphatic hydroxyl groups is 1. The van der Waals surface area contributed by atoms with Crippen molar-refractivity contribution >= 4 is 23.4 Å². The van der Waals surface area contributed by atoms with E-state index in [1.807, 2.05) is 20.9 Å². The molecular formula is C10H17ClN2OS. The van der Waals surface area contributed by atoms with Crippen molar-refractivity contribution in [2.45, 2.75) is 37.9 Å². The minimum atomic E-state index is -0.300. The molecule has 0 aliphatic rings. The van der Waals surface area contributed by atoms with E-state index in [4.69, 9.17) is 11.6 Å². The van der Waals surface area contributed by atoms with Gasteiger partial charge in [-0.2, -0.15) is 16.9 Å². The fourth-order valence-corrected chi connectivity index (χ4v) is 2.57. The normalized spacial score (nSPS) is 15.3. The molecule has 2 unspecified atom stereocenters. The molecule has 3 nitrogen and oxygen atoms in total. The van der Waals surface area contributed by atoms with Crippen molar-refractivity contribution in [1.29, 1.82) is 0 Å². The Morgan fingerprint density at radius 2 is 2.13 bits per heavy atom. The van der Waals surface area contributed by atoms with Gasteiger partial charge in [0.2, 0.25) is 0 Å². The third kappa shape index (κ3) is 3.13. The average molecular weight is 249 g/mol. The van der Waals surface area contributed by atoms with Crippen molar-refractivity contribution in [2.24, 2.45) is 7.05 Å². The van der Waals surface area contributed by atoms with E-state index >= 15 is 0 Å². The van der Waals surface area contributed by atoms with Gasteiger partial charge in [-0.25, -0.2) is 0 Å². The van der Waals surface area contributed by atoms with Crippen LogP contribution in [0.5, 0.6) is 0 Å². The monoisotopic (exact) mass is 248 g/mol. The fraction of sp³-hybridized carbons (Fsp3) is 0.700. The van der Waals surface area contributed by atoms with Crippen molar-refractivity contribution < 1.29 is 5.11 Å². The largest absolute Gasteiger partial charge is 0.392 e. The van der Waals surface area contributed by atoms with Crippen LogP contribution in [0.3, 0.4) is 0 Å². The van der Waals surface area contributed by atoms with E-state index in [2.05, 4.69) is 5.10 Å². The number of thioether (sulfide) groups is 1. The van der Waals surface area contributed by atoms with Crippen molar-refractivity contribution in [3.8, 4) is 0 Å². The highest BCUT2D eigenvalue weighted by atomic mass is 35.5. The summed E-state index contributed by atoms with van der Waals surface area (Å²) in [6, 6.07) is 0. The Hall–Kier alpha value is -0.190. The first-order valence-corrected chi connectivity index (χ1v) is 6.33. The van der Waals surface area contributed by atoms with Gasteiger partial charge in [0.15, 0.2) is 0 Å². The van der Waals surface area contributed by atoms with Crippen LogP contribution >= 0.6 is 23.4 Å². The molecule has 5 heteroatoms. The molecule has 0 aromatic carbocycles. The van der Waals surface area contributed by atoms with Gasteiger partial charge in [0.25, 0.3) is 0 Å². The number of aliphatic hydroxyl groups excluding tert-OH is 1. The number of nitrogens with zero attached hydrogens (tertiary/aromatic N) is 2. The van der Waals surface area contributed by atoms with Crippen molar-refractivity contribution in [1.82, 2.24) is 9.78 Å². The zero-order chi connectivity index (χ0) is 11.6. The number of aryl methyl sites for hydroxylation is 2. The molecule has 15 heavy (non-hydrogen) atoms. The third-order valence-corrected chi connectivity index (χ3v) is 4.29. The van der Waals surface area contributed by atoms with Crippen LogP contribution in [0.1, 0.15) is 25.1 Å². The number of rotatable bonds is 4. The fourth-order valence-electron chi connectivity index (χ4n) is 1.19. The summed E-state index contributed by atoms with van der Waals surface area (Å²) in [5, 5.41) is 14.5. The highest BCUT2D eigenvalue weighted by Gasteiger charge is 2.14. The highest BCUT2D eigenvalue weighted by molar-refractivity contribution is 7.99. The summed E-state index contributed by atoms with van der Waals surface area (Å²) in [5.41, 5.74) is 2.03. The summed E-state index contributed by atoms with van der Waals surface area (Å²) in [4.78, 5) is 0. The van der Waals surface area contributed by atoms with E-state index in [1.165, 1.54) is 0 Å². The molecular weight excluding hydrogens is 232 g/mol. The SMILES string of the molecule is Cc1nn(C)c(Cl)c1CSC(C)C(C)O. The minimum Gasteiger partial charge on any atom is -0.392 e. The second kappa shape index (κ2) is 5.23. The quantitative estimate of drug-likeness (QED) is 0.889. The lowest BCUT2D eigenvalue weighted by Gasteiger charge is -2.13. The second-order valence-corrected chi connectivity index (χ2v) is 5.46. The van der Waals surface area contributed by atoms with E-state index in [-0.39, 0.29) is 11.4 Å². The Morgan fingerprint density at radius 1 is 1.53 bits per heavy atom. The van der Waals surface area contributed by atoms with Crippen LogP contribution in [-0.4, -0.2) is 26.2 Å². The molecule has 1 N–H and O–H groups in total. The highest BCUT2D eigenvalue weighted by Crippen LogP contribution is 2.26. The predicted octanol–water partition coefficient (Wildman–Crippen LogP) is 2.38. The molecule has 86 valence electrons. The molecule has 0 radical (unpaired) electrons. The van der Waals surface area contributed by atoms with Crippen LogP contribution in [0.2, 0.25) is 5.15 Å². The smallest absolute Gasteiger partial charge is 0.131 e. The lowest BCUT2D eigenvalue weighted by molar-refractivity contribution is 0.196. The van der Waals surface area contributed by atoms with Gasteiger partial charge in [0.05, 0.1) is 11.8 Å². The van der Waals surface area contributed by atoms with Crippen LogP contribution in [0.4, 0.5) is 0 Å². The van der Waals surface area contributed by atoms with E-state index < -0.39 is 0 Å². The molecule has 0 amide bonds. The van der Waals surface area contributed by atoms with Gasteiger partial charge in [-0.15, -0.1) is 0 Å². The lowest BCUT2D eigenvalue weighted by atomic mass is 10.3. The Morgan fingerprint density at radius 3 is 2.53 bits per heavy atom. The molecule has 0 fully saturated rings. The molecule has 0 spiro atoms. The minimum absolute atomic E-state index is 0.209. The summed E-state index contributed by atoms with van der Waals surface area (Å²) in [6.45, 7) is 5.76. The lowest BCUT2D eigenvalue weighted by Crippen LogP contribution is -2.15. The topological polar surface area (TPSA) is 38.0 Å². The third-order valence-electron chi connectivity index (χ3n) is 2.44. The van der Waals surface area contributed by atoms with Crippen LogP contribution in [0, 0.1) is 6.92 Å². The summed E-state index contributed by atoms with van der Waals surface area (Å²) >= 11 is 7.79. The van der Waals surface area contributed by atoms with Gasteiger partial charge in [-0.1, -0.05) is 18.5 Å². The van der Waals surface area contributed by atoms with Crippen LogP contribution in [-0.2, 0) is 12.8 Å². The Kier molecular flexibility index (Phi) is 4.49. The van der Waals surface area contributed by atoms with Gasteiger partial charge in [0, 0.05) is 23.6 Å². The van der Waals surface area contributed by atoms with E-state index in [0.29, 0.717) is 5.15 Å². The van der Waals surface area contributed by atoms with Crippen LogP contribution in [0.25, 0.3) is 0 Å². The van der Waals surface area contributed by atoms with Gasteiger partial charge in [-0.3, -0.25) is 4.68 Å². The molecule has 2 atom stereocenters. The first-order chi connectivity index (χ1) is 6.93. The maximum absolute atomic E-state index is 9.37. The van der Waals surface area contributed by atoms with Crippen molar-refractivity contribution in [3.63, 3.8) is 0 Å².